The first-order valence-electron chi connectivity index (χ1n) is 8.16. The topological polar surface area (TPSA) is 45.6 Å². The van der Waals surface area contributed by atoms with E-state index in [0.29, 0.717) is 13.2 Å². The molecule has 1 N–H and O–H groups in total. The van der Waals surface area contributed by atoms with Crippen LogP contribution in [-0.2, 0) is 11.2 Å². The number of nitrogens with zero attached hydrogens (tertiary/aromatic N) is 2. The van der Waals surface area contributed by atoms with E-state index in [4.69, 9.17) is 4.74 Å². The van der Waals surface area contributed by atoms with Gasteiger partial charge >= 0.3 is 0 Å². The molecule has 2 saturated heterocycles. The Bertz CT molecular complexity index is 424. The van der Waals surface area contributed by atoms with E-state index in [2.05, 4.69) is 22.0 Å². The third-order valence-corrected chi connectivity index (χ3v) is 4.87. The molecule has 0 radical (unpaired) electrons. The second-order valence-electron chi connectivity index (χ2n) is 6.58. The van der Waals surface area contributed by atoms with E-state index in [1.807, 2.05) is 12.3 Å². The Kier molecular flexibility index (Phi) is 4.88. The molecule has 0 saturated carbocycles. The summed E-state index contributed by atoms with van der Waals surface area (Å²) < 4.78 is 5.35. The van der Waals surface area contributed by atoms with Crippen LogP contribution in [0.2, 0.25) is 0 Å². The summed E-state index contributed by atoms with van der Waals surface area (Å²) in [6.07, 6.45) is 6.95. The monoisotopic (exact) mass is 290 g/mol. The highest BCUT2D eigenvalue weighted by Crippen LogP contribution is 2.26. The average Bonchev–Trinajstić information content (AvgIpc) is 2.51. The number of hydrogen-bond acceptors (Lipinski definition) is 4. The second-order valence-corrected chi connectivity index (χ2v) is 6.58. The van der Waals surface area contributed by atoms with E-state index in [1.165, 1.54) is 18.5 Å². The van der Waals surface area contributed by atoms with E-state index >= 15 is 0 Å². The van der Waals surface area contributed by atoms with Crippen molar-refractivity contribution < 1.29 is 9.84 Å². The molecule has 116 valence electrons. The number of likely N-dealkylation sites (tertiary alicyclic amines) is 1. The Morgan fingerprint density at radius 3 is 2.67 bits per heavy atom. The fourth-order valence-corrected chi connectivity index (χ4v) is 3.49. The minimum Gasteiger partial charge on any atom is -0.388 e. The van der Waals surface area contributed by atoms with Crippen molar-refractivity contribution in [2.45, 2.75) is 37.7 Å². The average molecular weight is 290 g/mol. The van der Waals surface area contributed by atoms with Gasteiger partial charge < -0.3 is 14.7 Å². The Labute approximate surface area is 127 Å². The van der Waals surface area contributed by atoms with Gasteiger partial charge in [0.05, 0.1) is 5.60 Å². The summed E-state index contributed by atoms with van der Waals surface area (Å²) in [5.74, 6) is 0.737. The molecule has 0 amide bonds. The van der Waals surface area contributed by atoms with Crippen LogP contribution in [0.5, 0.6) is 0 Å². The van der Waals surface area contributed by atoms with Crippen LogP contribution in [0.4, 0.5) is 0 Å². The molecule has 4 heteroatoms. The maximum atomic E-state index is 10.6. The van der Waals surface area contributed by atoms with Gasteiger partial charge in [0.25, 0.3) is 0 Å². The zero-order chi connectivity index (χ0) is 14.5. The summed E-state index contributed by atoms with van der Waals surface area (Å²) in [5, 5.41) is 10.6. The number of ether oxygens (including phenoxy) is 1. The van der Waals surface area contributed by atoms with Gasteiger partial charge in [-0.05, 0) is 50.4 Å². The van der Waals surface area contributed by atoms with Gasteiger partial charge in [0, 0.05) is 44.5 Å². The lowest BCUT2D eigenvalue weighted by molar-refractivity contribution is -0.0829. The van der Waals surface area contributed by atoms with Gasteiger partial charge in [-0.15, -0.1) is 0 Å². The van der Waals surface area contributed by atoms with Crippen molar-refractivity contribution in [3.63, 3.8) is 0 Å². The van der Waals surface area contributed by atoms with E-state index < -0.39 is 5.60 Å². The molecule has 0 aliphatic carbocycles. The molecule has 2 aliphatic rings. The van der Waals surface area contributed by atoms with Gasteiger partial charge in [-0.3, -0.25) is 4.98 Å². The lowest BCUT2D eigenvalue weighted by Gasteiger charge is -2.39. The molecule has 0 unspecified atom stereocenters. The third kappa shape index (κ3) is 4.25. The molecule has 0 bridgehead atoms. The van der Waals surface area contributed by atoms with Crippen molar-refractivity contribution >= 4 is 0 Å². The van der Waals surface area contributed by atoms with Crippen LogP contribution < -0.4 is 0 Å². The molecule has 4 nitrogen and oxygen atoms in total. The highest BCUT2D eigenvalue weighted by atomic mass is 16.5. The summed E-state index contributed by atoms with van der Waals surface area (Å²) in [5.41, 5.74) is 0.686. The minimum absolute atomic E-state index is 0.522. The number of rotatable bonds is 4. The van der Waals surface area contributed by atoms with E-state index in [-0.39, 0.29) is 0 Å². The van der Waals surface area contributed by atoms with Crippen molar-refractivity contribution in [3.05, 3.63) is 30.1 Å². The standard InChI is InChI=1S/C17H26N2O2/c20-17(6-11-21-12-7-17)14-19-9-4-15(5-10-19)13-16-3-1-2-8-18-16/h1-3,8,15,20H,4-7,9-14H2. The van der Waals surface area contributed by atoms with Crippen molar-refractivity contribution in [1.82, 2.24) is 9.88 Å². The molecular formula is C17H26N2O2. The first-order valence-corrected chi connectivity index (χ1v) is 8.16. The van der Waals surface area contributed by atoms with E-state index in [1.54, 1.807) is 0 Å². The molecule has 2 fully saturated rings. The maximum Gasteiger partial charge on any atom is 0.0817 e. The molecule has 3 rings (SSSR count). The predicted molar refractivity (Wildman–Crippen MR) is 82.1 cm³/mol. The second kappa shape index (κ2) is 6.86. The molecule has 1 aromatic heterocycles. The van der Waals surface area contributed by atoms with Crippen molar-refractivity contribution in [3.8, 4) is 0 Å². The van der Waals surface area contributed by atoms with Crippen LogP contribution in [0.15, 0.2) is 24.4 Å². The molecule has 2 aliphatic heterocycles. The zero-order valence-electron chi connectivity index (χ0n) is 12.7. The highest BCUT2D eigenvalue weighted by molar-refractivity contribution is 5.04. The lowest BCUT2D eigenvalue weighted by atomic mass is 9.89. The molecule has 0 spiro atoms. The third-order valence-electron chi connectivity index (χ3n) is 4.87. The predicted octanol–water partition coefficient (Wildman–Crippen LogP) is 1.88. The first-order chi connectivity index (χ1) is 10.2. The van der Waals surface area contributed by atoms with Crippen LogP contribution in [0.25, 0.3) is 0 Å². The largest absolute Gasteiger partial charge is 0.388 e. The fraction of sp³-hybridized carbons (Fsp3) is 0.706. The van der Waals surface area contributed by atoms with Crippen LogP contribution in [0, 0.1) is 5.92 Å². The molecule has 0 aromatic carbocycles. The summed E-state index contributed by atoms with van der Waals surface area (Å²) in [7, 11) is 0. The quantitative estimate of drug-likeness (QED) is 0.919. The number of hydrogen-bond donors (Lipinski definition) is 1. The maximum absolute atomic E-state index is 10.6. The van der Waals surface area contributed by atoms with Crippen molar-refractivity contribution in [2.24, 2.45) is 5.92 Å². The molecule has 0 atom stereocenters. The van der Waals surface area contributed by atoms with Crippen LogP contribution in [-0.4, -0.2) is 53.4 Å². The SMILES string of the molecule is OC1(CN2CCC(Cc3ccccn3)CC2)CCOCC1. The minimum atomic E-state index is -0.522. The van der Waals surface area contributed by atoms with E-state index in [9.17, 15) is 5.11 Å². The van der Waals surface area contributed by atoms with Crippen LogP contribution >= 0.6 is 0 Å². The summed E-state index contributed by atoms with van der Waals surface area (Å²) >= 11 is 0. The van der Waals surface area contributed by atoms with E-state index in [0.717, 1.165) is 44.8 Å². The highest BCUT2D eigenvalue weighted by Gasteiger charge is 2.33. The molecular weight excluding hydrogens is 264 g/mol. The number of aromatic nitrogens is 1. The van der Waals surface area contributed by atoms with Gasteiger partial charge in [0.2, 0.25) is 0 Å². The van der Waals surface area contributed by atoms with Gasteiger partial charge in [-0.1, -0.05) is 6.07 Å². The van der Waals surface area contributed by atoms with Gasteiger partial charge in [0.15, 0.2) is 0 Å². The Hall–Kier alpha value is -0.970. The number of aliphatic hydroxyl groups is 1. The summed E-state index contributed by atoms with van der Waals surface area (Å²) in [6.45, 7) is 4.41. The normalized spacial score (nSPS) is 24.0. The lowest BCUT2D eigenvalue weighted by Crippen LogP contribution is -2.49. The Morgan fingerprint density at radius 2 is 2.00 bits per heavy atom. The smallest absolute Gasteiger partial charge is 0.0817 e. The first kappa shape index (κ1) is 14.9. The Morgan fingerprint density at radius 1 is 1.24 bits per heavy atom. The Balaban J connectivity index is 1.44. The number of pyridine rings is 1. The van der Waals surface area contributed by atoms with Crippen LogP contribution in [0.1, 0.15) is 31.4 Å². The van der Waals surface area contributed by atoms with Crippen molar-refractivity contribution in [1.29, 1.82) is 0 Å². The number of β-amino-alcohol motifs (C(OH)–C–C–N with tert-alkyl or cyclic N) is 1. The van der Waals surface area contributed by atoms with Gasteiger partial charge in [-0.25, -0.2) is 0 Å². The molecule has 3 heterocycles. The van der Waals surface area contributed by atoms with Crippen LogP contribution in [0.3, 0.4) is 0 Å². The number of piperidine rings is 1. The zero-order valence-corrected chi connectivity index (χ0v) is 12.7. The molecule has 1 aromatic rings. The fourth-order valence-electron chi connectivity index (χ4n) is 3.49. The summed E-state index contributed by atoms with van der Waals surface area (Å²) in [6, 6.07) is 6.16. The van der Waals surface area contributed by atoms with Gasteiger partial charge in [-0.2, -0.15) is 0 Å². The van der Waals surface area contributed by atoms with Crippen molar-refractivity contribution in [2.75, 3.05) is 32.8 Å². The van der Waals surface area contributed by atoms with Gasteiger partial charge in [0.1, 0.15) is 0 Å². The molecule has 21 heavy (non-hydrogen) atoms. The summed E-state index contributed by atoms with van der Waals surface area (Å²) in [4.78, 5) is 6.86.